The van der Waals surface area contributed by atoms with E-state index in [1.165, 1.54) is 0 Å². The second-order valence-electron chi connectivity index (χ2n) is 6.88. The number of hydrogen-bond acceptors (Lipinski definition) is 4. The predicted octanol–water partition coefficient (Wildman–Crippen LogP) is 2.96. The van der Waals surface area contributed by atoms with Gasteiger partial charge in [0.1, 0.15) is 0 Å². The highest BCUT2D eigenvalue weighted by molar-refractivity contribution is 7.91. The van der Waals surface area contributed by atoms with Crippen LogP contribution in [-0.2, 0) is 9.84 Å². The summed E-state index contributed by atoms with van der Waals surface area (Å²) >= 11 is 0. The Morgan fingerprint density at radius 3 is 2.32 bits per heavy atom. The highest BCUT2D eigenvalue weighted by Crippen LogP contribution is 2.22. The summed E-state index contributed by atoms with van der Waals surface area (Å²) in [5.41, 5.74) is 1.72. The lowest BCUT2D eigenvalue weighted by Crippen LogP contribution is -2.41. The van der Waals surface area contributed by atoms with E-state index in [-0.39, 0.29) is 23.5 Å². The van der Waals surface area contributed by atoms with Crippen LogP contribution in [-0.4, -0.2) is 56.9 Å². The van der Waals surface area contributed by atoms with Crippen LogP contribution < -0.4 is 4.90 Å². The first-order valence-corrected chi connectivity index (χ1v) is 11.0. The highest BCUT2D eigenvalue weighted by Gasteiger charge is 2.34. The quantitative estimate of drug-likeness (QED) is 0.710. The second-order valence-corrected chi connectivity index (χ2v) is 9.11. The first kappa shape index (κ1) is 19.8. The number of anilines is 1. The van der Waals surface area contributed by atoms with Gasteiger partial charge in [-0.3, -0.25) is 4.79 Å². The molecule has 1 atom stereocenters. The fourth-order valence-electron chi connectivity index (χ4n) is 3.29. The standard InChI is InChI=1S/C19H30N2O3S/c1-4-6-13-21(18-11-14-25(23,24)15-18)19(22)16-7-9-17(10-8-16)20(3)12-5-2/h7-10,18H,4-6,11-15H2,1-3H3. The molecule has 0 spiro atoms. The molecule has 0 N–H and O–H groups in total. The number of sulfone groups is 1. The monoisotopic (exact) mass is 366 g/mol. The summed E-state index contributed by atoms with van der Waals surface area (Å²) in [7, 11) is -0.967. The zero-order valence-electron chi connectivity index (χ0n) is 15.6. The zero-order valence-corrected chi connectivity index (χ0v) is 16.4. The number of nitrogens with zero attached hydrogens (tertiary/aromatic N) is 2. The van der Waals surface area contributed by atoms with E-state index in [0.29, 0.717) is 18.5 Å². The molecule has 1 aromatic carbocycles. The normalized spacial score (nSPS) is 18.9. The fraction of sp³-hybridized carbons (Fsp3) is 0.632. The molecule has 6 heteroatoms. The smallest absolute Gasteiger partial charge is 0.254 e. The van der Waals surface area contributed by atoms with Crippen molar-refractivity contribution in [3.05, 3.63) is 29.8 Å². The molecule has 1 unspecified atom stereocenters. The Morgan fingerprint density at radius 1 is 1.12 bits per heavy atom. The minimum atomic E-state index is -3.01. The van der Waals surface area contributed by atoms with Crippen LogP contribution in [0.15, 0.2) is 24.3 Å². The summed E-state index contributed by atoms with van der Waals surface area (Å²) in [4.78, 5) is 16.9. The molecule has 1 aliphatic rings. The zero-order chi connectivity index (χ0) is 18.4. The topological polar surface area (TPSA) is 57.7 Å². The molecule has 0 aliphatic carbocycles. The summed E-state index contributed by atoms with van der Waals surface area (Å²) in [5.74, 6) is 0.230. The molecule has 25 heavy (non-hydrogen) atoms. The third-order valence-electron chi connectivity index (χ3n) is 4.78. The van der Waals surface area contributed by atoms with Crippen molar-refractivity contribution in [2.24, 2.45) is 0 Å². The minimum Gasteiger partial charge on any atom is -0.375 e. The van der Waals surface area contributed by atoms with Gasteiger partial charge in [-0.05, 0) is 43.5 Å². The van der Waals surface area contributed by atoms with E-state index in [9.17, 15) is 13.2 Å². The van der Waals surface area contributed by atoms with E-state index in [0.717, 1.165) is 31.5 Å². The summed E-state index contributed by atoms with van der Waals surface area (Å²) in [6.07, 6.45) is 3.48. The lowest BCUT2D eigenvalue weighted by molar-refractivity contribution is 0.0694. The number of rotatable bonds is 8. The van der Waals surface area contributed by atoms with Crippen LogP contribution in [0, 0.1) is 0 Å². The van der Waals surface area contributed by atoms with E-state index in [1.54, 1.807) is 4.90 Å². The van der Waals surface area contributed by atoms with Crippen LogP contribution in [0.3, 0.4) is 0 Å². The van der Waals surface area contributed by atoms with Crippen molar-refractivity contribution in [2.45, 2.75) is 45.6 Å². The molecule has 1 heterocycles. The van der Waals surface area contributed by atoms with Gasteiger partial charge < -0.3 is 9.80 Å². The van der Waals surface area contributed by atoms with Crippen LogP contribution >= 0.6 is 0 Å². The number of amides is 1. The van der Waals surface area contributed by atoms with Gasteiger partial charge in [0.2, 0.25) is 0 Å². The Hall–Kier alpha value is -1.56. The van der Waals surface area contributed by atoms with Crippen molar-refractivity contribution in [2.75, 3.05) is 36.5 Å². The van der Waals surface area contributed by atoms with E-state index in [1.807, 2.05) is 31.3 Å². The molecule has 1 fully saturated rings. The summed E-state index contributed by atoms with van der Waals surface area (Å²) in [6, 6.07) is 7.45. The Kier molecular flexibility index (Phi) is 6.87. The van der Waals surface area contributed by atoms with Crippen molar-refractivity contribution < 1.29 is 13.2 Å². The molecule has 1 aromatic rings. The Morgan fingerprint density at radius 2 is 1.80 bits per heavy atom. The number of carbonyl (C=O) groups excluding carboxylic acids is 1. The maximum absolute atomic E-state index is 13.0. The van der Waals surface area contributed by atoms with Crippen molar-refractivity contribution >= 4 is 21.4 Å². The van der Waals surface area contributed by atoms with E-state index >= 15 is 0 Å². The van der Waals surface area contributed by atoms with Crippen LogP contribution in [0.4, 0.5) is 5.69 Å². The third-order valence-corrected chi connectivity index (χ3v) is 6.53. The van der Waals surface area contributed by atoms with Crippen molar-refractivity contribution in [3.8, 4) is 0 Å². The molecule has 1 amide bonds. The Bertz CT molecular complexity index is 670. The fourth-order valence-corrected chi connectivity index (χ4v) is 5.02. The summed E-state index contributed by atoms with van der Waals surface area (Å²) < 4.78 is 23.6. The largest absolute Gasteiger partial charge is 0.375 e. The number of hydrogen-bond donors (Lipinski definition) is 0. The number of carbonyl (C=O) groups is 1. The van der Waals surface area contributed by atoms with Gasteiger partial charge in [0.25, 0.3) is 5.91 Å². The predicted molar refractivity (Wildman–Crippen MR) is 103 cm³/mol. The molecule has 5 nitrogen and oxygen atoms in total. The maximum Gasteiger partial charge on any atom is 0.254 e. The van der Waals surface area contributed by atoms with Crippen LogP contribution in [0.1, 0.15) is 49.9 Å². The van der Waals surface area contributed by atoms with Gasteiger partial charge in [-0.25, -0.2) is 8.42 Å². The van der Waals surface area contributed by atoms with Crippen LogP contribution in [0.5, 0.6) is 0 Å². The van der Waals surface area contributed by atoms with Gasteiger partial charge in [0, 0.05) is 37.4 Å². The lowest BCUT2D eigenvalue weighted by atomic mass is 10.1. The molecule has 0 radical (unpaired) electrons. The van der Waals surface area contributed by atoms with E-state index < -0.39 is 9.84 Å². The molecule has 1 saturated heterocycles. The van der Waals surface area contributed by atoms with Gasteiger partial charge >= 0.3 is 0 Å². The minimum absolute atomic E-state index is 0.0553. The van der Waals surface area contributed by atoms with E-state index in [4.69, 9.17) is 0 Å². The van der Waals surface area contributed by atoms with Crippen LogP contribution in [0.2, 0.25) is 0 Å². The van der Waals surface area contributed by atoms with Gasteiger partial charge in [0.05, 0.1) is 11.5 Å². The van der Waals surface area contributed by atoms with Crippen molar-refractivity contribution in [1.29, 1.82) is 0 Å². The molecule has 1 aliphatic heterocycles. The average Bonchev–Trinajstić information content (AvgIpc) is 2.95. The van der Waals surface area contributed by atoms with Gasteiger partial charge in [-0.15, -0.1) is 0 Å². The SMILES string of the molecule is CCCCN(C(=O)c1ccc(N(C)CCC)cc1)C1CCS(=O)(=O)C1. The van der Waals surface area contributed by atoms with Crippen molar-refractivity contribution in [1.82, 2.24) is 4.90 Å². The highest BCUT2D eigenvalue weighted by atomic mass is 32.2. The average molecular weight is 367 g/mol. The van der Waals surface area contributed by atoms with E-state index in [2.05, 4.69) is 18.7 Å². The maximum atomic E-state index is 13.0. The number of benzene rings is 1. The summed E-state index contributed by atoms with van der Waals surface area (Å²) in [6.45, 7) is 5.80. The first-order chi connectivity index (χ1) is 11.9. The first-order valence-electron chi connectivity index (χ1n) is 9.20. The van der Waals surface area contributed by atoms with Gasteiger partial charge in [-0.1, -0.05) is 20.3 Å². The number of unbranched alkanes of at least 4 members (excludes halogenated alkanes) is 1. The van der Waals surface area contributed by atoms with Gasteiger partial charge in [-0.2, -0.15) is 0 Å². The van der Waals surface area contributed by atoms with Gasteiger partial charge in [0.15, 0.2) is 9.84 Å². The Balaban J connectivity index is 2.15. The molecular weight excluding hydrogens is 336 g/mol. The van der Waals surface area contributed by atoms with Crippen LogP contribution in [0.25, 0.3) is 0 Å². The molecular formula is C19H30N2O3S. The molecule has 0 bridgehead atoms. The molecule has 0 saturated carbocycles. The molecule has 2 rings (SSSR count). The second kappa shape index (κ2) is 8.70. The third kappa shape index (κ3) is 5.21. The Labute approximate surface area is 151 Å². The molecule has 140 valence electrons. The van der Waals surface area contributed by atoms with Crippen molar-refractivity contribution in [3.63, 3.8) is 0 Å². The lowest BCUT2D eigenvalue weighted by Gasteiger charge is -2.28. The summed E-state index contributed by atoms with van der Waals surface area (Å²) in [5, 5.41) is 0. The molecule has 0 aromatic heterocycles.